The zero-order chi connectivity index (χ0) is 17.8. The Bertz CT molecular complexity index is 701. The summed E-state index contributed by atoms with van der Waals surface area (Å²) in [4.78, 5) is 17.8. The van der Waals surface area contributed by atoms with Crippen LogP contribution < -0.4 is 10.2 Å². The molecule has 2 aromatic rings. The van der Waals surface area contributed by atoms with E-state index in [2.05, 4.69) is 49.3 Å². The molecule has 1 aromatic carbocycles. The summed E-state index contributed by atoms with van der Waals surface area (Å²) >= 11 is 0. The topological polar surface area (TPSA) is 54.5 Å². The van der Waals surface area contributed by atoms with E-state index in [0.29, 0.717) is 19.1 Å². The minimum absolute atomic E-state index is 0.175. The van der Waals surface area contributed by atoms with Crippen molar-refractivity contribution in [1.82, 2.24) is 10.3 Å². The second-order valence-corrected chi connectivity index (χ2v) is 6.72. The number of aromatic nitrogens is 1. The summed E-state index contributed by atoms with van der Waals surface area (Å²) in [5.41, 5.74) is 3.11. The number of anilines is 1. The molecule has 1 aromatic heterocycles. The van der Waals surface area contributed by atoms with Gasteiger partial charge in [-0.15, -0.1) is 0 Å². The van der Waals surface area contributed by atoms with E-state index < -0.39 is 0 Å². The number of ether oxygens (including phenoxy) is 1. The molecule has 0 saturated carbocycles. The van der Waals surface area contributed by atoms with Crippen LogP contribution in [0.2, 0.25) is 0 Å². The zero-order valence-corrected chi connectivity index (χ0v) is 15.0. The van der Waals surface area contributed by atoms with Crippen LogP contribution in [0.25, 0.3) is 0 Å². The van der Waals surface area contributed by atoms with Gasteiger partial charge < -0.3 is 10.1 Å². The van der Waals surface area contributed by atoms with Crippen LogP contribution in [0.1, 0.15) is 44.1 Å². The summed E-state index contributed by atoms with van der Waals surface area (Å²) in [6, 6.07) is 14.5. The predicted molar refractivity (Wildman–Crippen MR) is 98.5 cm³/mol. The third kappa shape index (κ3) is 3.99. The average molecular weight is 339 g/mol. The first-order chi connectivity index (χ1) is 12.1. The van der Waals surface area contributed by atoms with Gasteiger partial charge in [0.25, 0.3) is 0 Å². The second-order valence-electron chi connectivity index (χ2n) is 6.72. The van der Waals surface area contributed by atoms with E-state index in [1.165, 1.54) is 5.56 Å². The molecule has 0 bridgehead atoms. The molecule has 1 amide bonds. The van der Waals surface area contributed by atoms with E-state index in [1.54, 1.807) is 4.90 Å². The first-order valence-electron chi connectivity index (χ1n) is 8.77. The van der Waals surface area contributed by atoms with Gasteiger partial charge in [-0.2, -0.15) is 0 Å². The van der Waals surface area contributed by atoms with E-state index in [1.807, 2.05) is 30.5 Å². The number of hydrogen-bond donors (Lipinski definition) is 1. The molecule has 5 heteroatoms. The number of carbonyl (C=O) groups excluding carboxylic acids is 1. The monoisotopic (exact) mass is 339 g/mol. The van der Waals surface area contributed by atoms with Crippen molar-refractivity contribution in [2.24, 2.45) is 5.92 Å². The second kappa shape index (κ2) is 7.66. The summed E-state index contributed by atoms with van der Waals surface area (Å²) in [6.45, 7) is 7.61. The lowest BCUT2D eigenvalue weighted by molar-refractivity contribution is 0.181. The van der Waals surface area contributed by atoms with Gasteiger partial charge in [-0.05, 0) is 42.7 Å². The number of pyridine rings is 1. The Morgan fingerprint density at radius 3 is 2.44 bits per heavy atom. The summed E-state index contributed by atoms with van der Waals surface area (Å²) in [5.74, 6) is 0.427. The Hall–Kier alpha value is -2.40. The SMILES string of the molecule is CC(C)[C@@H](N[C@@H](C)c1ccc(N2CCOC2=O)cc1)c1ccccn1. The van der Waals surface area contributed by atoms with Crippen molar-refractivity contribution in [1.29, 1.82) is 0 Å². The summed E-state index contributed by atoms with van der Waals surface area (Å²) in [6.07, 6.45) is 1.56. The van der Waals surface area contributed by atoms with Crippen LogP contribution >= 0.6 is 0 Å². The van der Waals surface area contributed by atoms with E-state index in [0.717, 1.165) is 11.4 Å². The molecular formula is C20H25N3O2. The number of benzene rings is 1. The molecule has 0 unspecified atom stereocenters. The highest BCUT2D eigenvalue weighted by Crippen LogP contribution is 2.26. The third-order valence-corrected chi connectivity index (χ3v) is 4.57. The molecule has 0 radical (unpaired) electrons. The van der Waals surface area contributed by atoms with Crippen molar-refractivity contribution in [3.8, 4) is 0 Å². The van der Waals surface area contributed by atoms with Crippen LogP contribution in [0.5, 0.6) is 0 Å². The van der Waals surface area contributed by atoms with Gasteiger partial charge in [0.05, 0.1) is 18.3 Å². The molecule has 0 aliphatic carbocycles. The Kier molecular flexibility index (Phi) is 5.34. The van der Waals surface area contributed by atoms with Crippen molar-refractivity contribution in [2.45, 2.75) is 32.9 Å². The number of carbonyl (C=O) groups is 1. The van der Waals surface area contributed by atoms with E-state index in [4.69, 9.17) is 4.74 Å². The van der Waals surface area contributed by atoms with Gasteiger partial charge in [-0.1, -0.05) is 32.0 Å². The van der Waals surface area contributed by atoms with Crippen LogP contribution in [0.3, 0.4) is 0 Å². The smallest absolute Gasteiger partial charge is 0.414 e. The van der Waals surface area contributed by atoms with Crippen LogP contribution in [0, 0.1) is 5.92 Å². The van der Waals surface area contributed by atoms with E-state index in [-0.39, 0.29) is 18.2 Å². The Balaban J connectivity index is 1.71. The van der Waals surface area contributed by atoms with Crippen LogP contribution in [-0.2, 0) is 4.74 Å². The van der Waals surface area contributed by atoms with Gasteiger partial charge in [-0.3, -0.25) is 9.88 Å². The largest absolute Gasteiger partial charge is 0.447 e. The Labute approximate surface area is 149 Å². The minimum atomic E-state index is -0.269. The zero-order valence-electron chi connectivity index (χ0n) is 15.0. The van der Waals surface area contributed by atoms with Crippen LogP contribution in [0.15, 0.2) is 48.7 Å². The highest BCUT2D eigenvalue weighted by molar-refractivity contribution is 5.89. The van der Waals surface area contributed by atoms with Crippen molar-refractivity contribution >= 4 is 11.8 Å². The number of rotatable bonds is 6. The summed E-state index contributed by atoms with van der Waals surface area (Å²) in [7, 11) is 0. The summed E-state index contributed by atoms with van der Waals surface area (Å²) in [5, 5.41) is 3.68. The van der Waals surface area contributed by atoms with Crippen molar-refractivity contribution in [3.63, 3.8) is 0 Å². The highest BCUT2D eigenvalue weighted by Gasteiger charge is 2.24. The molecule has 5 nitrogen and oxygen atoms in total. The third-order valence-electron chi connectivity index (χ3n) is 4.57. The number of hydrogen-bond acceptors (Lipinski definition) is 4. The lowest BCUT2D eigenvalue weighted by atomic mass is 9.97. The number of amides is 1. The molecule has 2 atom stereocenters. The molecule has 2 heterocycles. The van der Waals surface area contributed by atoms with Gasteiger partial charge in [0.2, 0.25) is 0 Å². The number of cyclic esters (lactones) is 1. The fraction of sp³-hybridized carbons (Fsp3) is 0.400. The van der Waals surface area contributed by atoms with Crippen molar-refractivity contribution in [2.75, 3.05) is 18.1 Å². The van der Waals surface area contributed by atoms with Crippen LogP contribution in [-0.4, -0.2) is 24.2 Å². The molecule has 1 N–H and O–H groups in total. The number of nitrogens with zero attached hydrogens (tertiary/aromatic N) is 2. The molecular weight excluding hydrogens is 314 g/mol. The first kappa shape index (κ1) is 17.4. The van der Waals surface area contributed by atoms with Crippen LogP contribution in [0.4, 0.5) is 10.5 Å². The standard InChI is InChI=1S/C20H25N3O2/c1-14(2)19(18-6-4-5-11-21-18)22-15(3)16-7-9-17(10-8-16)23-12-13-25-20(23)24/h4-11,14-15,19,22H,12-13H2,1-3H3/t15-,19+/m0/s1. The lowest BCUT2D eigenvalue weighted by Crippen LogP contribution is -2.29. The molecule has 1 aliphatic heterocycles. The average Bonchev–Trinajstić information content (AvgIpc) is 3.06. The first-order valence-corrected chi connectivity index (χ1v) is 8.77. The van der Waals surface area contributed by atoms with Gasteiger partial charge in [0.15, 0.2) is 0 Å². The van der Waals surface area contributed by atoms with Gasteiger partial charge >= 0.3 is 6.09 Å². The molecule has 1 fully saturated rings. The molecule has 1 aliphatic rings. The lowest BCUT2D eigenvalue weighted by Gasteiger charge is -2.26. The Morgan fingerprint density at radius 2 is 1.88 bits per heavy atom. The summed E-state index contributed by atoms with van der Waals surface area (Å²) < 4.78 is 4.99. The van der Waals surface area contributed by atoms with E-state index >= 15 is 0 Å². The van der Waals surface area contributed by atoms with E-state index in [9.17, 15) is 4.79 Å². The maximum absolute atomic E-state index is 11.7. The normalized spacial score (nSPS) is 16.8. The molecule has 0 spiro atoms. The molecule has 25 heavy (non-hydrogen) atoms. The maximum Gasteiger partial charge on any atom is 0.414 e. The quantitative estimate of drug-likeness (QED) is 0.861. The minimum Gasteiger partial charge on any atom is -0.447 e. The molecule has 132 valence electrons. The maximum atomic E-state index is 11.7. The van der Waals surface area contributed by atoms with Gasteiger partial charge in [0, 0.05) is 17.9 Å². The molecule has 3 rings (SSSR count). The molecule has 1 saturated heterocycles. The fourth-order valence-corrected chi connectivity index (χ4v) is 3.12. The van der Waals surface area contributed by atoms with Gasteiger partial charge in [-0.25, -0.2) is 4.79 Å². The highest BCUT2D eigenvalue weighted by atomic mass is 16.6. The number of nitrogens with one attached hydrogen (secondary N) is 1. The Morgan fingerprint density at radius 1 is 1.12 bits per heavy atom. The fourth-order valence-electron chi connectivity index (χ4n) is 3.12. The van der Waals surface area contributed by atoms with Crippen molar-refractivity contribution < 1.29 is 9.53 Å². The van der Waals surface area contributed by atoms with Gasteiger partial charge in [0.1, 0.15) is 6.61 Å². The van der Waals surface area contributed by atoms with Crippen molar-refractivity contribution in [3.05, 3.63) is 59.9 Å². The predicted octanol–water partition coefficient (Wildman–Crippen LogP) is 4.09.